The third-order valence-corrected chi connectivity index (χ3v) is 5.60. The fourth-order valence-electron chi connectivity index (χ4n) is 4.15. The summed E-state index contributed by atoms with van der Waals surface area (Å²) in [6, 6.07) is 4.87. The molecular weight excluding hydrogens is 366 g/mol. The molecule has 0 spiro atoms. The molecule has 9 heteroatoms. The predicted molar refractivity (Wildman–Crippen MR) is 98.2 cm³/mol. The zero-order chi connectivity index (χ0) is 19.8. The molecule has 4 heterocycles. The van der Waals surface area contributed by atoms with Gasteiger partial charge in [-0.1, -0.05) is 0 Å². The van der Waals surface area contributed by atoms with Gasteiger partial charge in [-0.25, -0.2) is 9.59 Å². The zero-order valence-corrected chi connectivity index (χ0v) is 15.1. The van der Waals surface area contributed by atoms with Gasteiger partial charge in [-0.2, -0.15) is 0 Å². The Bertz CT molecular complexity index is 859. The molecule has 1 atom stereocenters. The highest BCUT2D eigenvalue weighted by atomic mass is 16.5. The van der Waals surface area contributed by atoms with Crippen LogP contribution in [0, 0.1) is 5.92 Å². The number of hydrogen-bond donors (Lipinski definition) is 3. The maximum absolute atomic E-state index is 12.7. The Balaban J connectivity index is 1.51. The first-order valence-electron chi connectivity index (χ1n) is 9.18. The average molecular weight is 387 g/mol. The summed E-state index contributed by atoms with van der Waals surface area (Å²) in [4.78, 5) is 38.6. The third kappa shape index (κ3) is 3.40. The predicted octanol–water partition coefficient (Wildman–Crippen LogP) is 0.720. The molecule has 28 heavy (non-hydrogen) atoms. The molecule has 0 saturated carbocycles. The van der Waals surface area contributed by atoms with Gasteiger partial charge in [-0.3, -0.25) is 9.69 Å². The Morgan fingerprint density at radius 3 is 2.54 bits per heavy atom. The first kappa shape index (κ1) is 18.3. The molecule has 5 rings (SSSR count). The van der Waals surface area contributed by atoms with Crippen LogP contribution in [0.5, 0.6) is 5.75 Å². The van der Waals surface area contributed by atoms with Gasteiger partial charge in [0, 0.05) is 18.2 Å². The molecule has 1 amide bonds. The number of rotatable bonds is 5. The average Bonchev–Trinajstić information content (AvgIpc) is 3.09. The van der Waals surface area contributed by atoms with Gasteiger partial charge in [0.15, 0.2) is 6.73 Å². The number of anilines is 1. The number of hydrogen-bond acceptors (Lipinski definition) is 6. The van der Waals surface area contributed by atoms with E-state index >= 15 is 0 Å². The molecule has 3 saturated heterocycles. The number of amides is 1. The molecule has 0 radical (unpaired) electrons. The number of carboxylic acids is 2. The second kappa shape index (κ2) is 7.16. The van der Waals surface area contributed by atoms with Crippen molar-refractivity contribution in [1.82, 2.24) is 10.2 Å². The molecule has 9 nitrogen and oxygen atoms in total. The van der Waals surface area contributed by atoms with Crippen molar-refractivity contribution < 1.29 is 29.3 Å². The van der Waals surface area contributed by atoms with Crippen LogP contribution in [0.25, 0.3) is 0 Å². The highest BCUT2D eigenvalue weighted by molar-refractivity contribution is 5.99. The van der Waals surface area contributed by atoms with Crippen molar-refractivity contribution in [3.63, 3.8) is 0 Å². The van der Waals surface area contributed by atoms with Crippen LogP contribution in [0.1, 0.15) is 23.2 Å². The lowest BCUT2D eigenvalue weighted by molar-refractivity contribution is -0.135. The van der Waals surface area contributed by atoms with Crippen molar-refractivity contribution >= 4 is 23.5 Å². The van der Waals surface area contributed by atoms with Crippen LogP contribution >= 0.6 is 0 Å². The molecule has 148 valence electrons. The summed E-state index contributed by atoms with van der Waals surface area (Å²) < 4.78 is 5.49. The summed E-state index contributed by atoms with van der Waals surface area (Å²) in [6.07, 6.45) is 2.82. The second-order valence-electron chi connectivity index (χ2n) is 7.27. The number of fused-ring (bicyclic) bond motifs is 4. The van der Waals surface area contributed by atoms with E-state index in [1.54, 1.807) is 18.2 Å². The van der Waals surface area contributed by atoms with E-state index in [-0.39, 0.29) is 18.7 Å². The van der Waals surface area contributed by atoms with E-state index in [1.807, 2.05) is 0 Å². The van der Waals surface area contributed by atoms with Crippen LogP contribution < -0.4 is 15.0 Å². The summed E-state index contributed by atoms with van der Waals surface area (Å²) in [6.45, 7) is 2.92. The first-order valence-corrected chi connectivity index (χ1v) is 9.18. The fourth-order valence-corrected chi connectivity index (χ4v) is 4.15. The van der Waals surface area contributed by atoms with Gasteiger partial charge in [0.1, 0.15) is 11.4 Å². The van der Waals surface area contributed by atoms with Gasteiger partial charge in [0.2, 0.25) is 0 Å². The monoisotopic (exact) mass is 387 g/mol. The van der Waals surface area contributed by atoms with Crippen molar-refractivity contribution in [3.05, 3.63) is 35.5 Å². The van der Waals surface area contributed by atoms with Gasteiger partial charge in [0.25, 0.3) is 5.91 Å². The van der Waals surface area contributed by atoms with Crippen LogP contribution in [0.3, 0.4) is 0 Å². The summed E-state index contributed by atoms with van der Waals surface area (Å²) in [7, 11) is 0. The van der Waals surface area contributed by atoms with E-state index in [1.165, 1.54) is 4.90 Å². The molecule has 4 aliphatic rings. The molecule has 4 aliphatic heterocycles. The Hall–Kier alpha value is -3.07. The lowest BCUT2D eigenvalue weighted by Crippen LogP contribution is -2.57. The van der Waals surface area contributed by atoms with Gasteiger partial charge in [0.05, 0.1) is 11.8 Å². The van der Waals surface area contributed by atoms with E-state index in [9.17, 15) is 19.5 Å². The first-order chi connectivity index (χ1) is 13.4. The Kier molecular flexibility index (Phi) is 4.68. The molecule has 2 bridgehead atoms. The van der Waals surface area contributed by atoms with E-state index in [0.717, 1.165) is 32.5 Å². The van der Waals surface area contributed by atoms with Crippen molar-refractivity contribution in [2.45, 2.75) is 18.9 Å². The maximum Gasteiger partial charge on any atom is 0.352 e. The van der Waals surface area contributed by atoms with Crippen molar-refractivity contribution in [3.8, 4) is 5.75 Å². The number of carbonyl (C=O) groups is 3. The summed E-state index contributed by atoms with van der Waals surface area (Å²) in [5.74, 6) is -2.07. The van der Waals surface area contributed by atoms with Gasteiger partial charge >= 0.3 is 11.9 Å². The number of carboxylic acid groups (broad SMARTS) is 2. The molecule has 0 unspecified atom stereocenters. The smallest absolute Gasteiger partial charge is 0.352 e. The quantitative estimate of drug-likeness (QED) is 0.633. The Labute approximate surface area is 161 Å². The van der Waals surface area contributed by atoms with Crippen LogP contribution in [-0.2, 0) is 9.59 Å². The topological polar surface area (TPSA) is 119 Å². The van der Waals surface area contributed by atoms with Gasteiger partial charge in [-0.15, -0.1) is 0 Å². The minimum atomic E-state index is -1.37. The molecule has 3 N–H and O–H groups in total. The number of ether oxygens (including phenoxy) is 1. The summed E-state index contributed by atoms with van der Waals surface area (Å²) in [5, 5.41) is 21.3. The van der Waals surface area contributed by atoms with Gasteiger partial charge in [-0.05, 0) is 50.0 Å². The lowest BCUT2D eigenvalue weighted by Gasteiger charge is -2.44. The standard InChI is InChI=1S/C19H21N3O6/c23-17(24)8-15(19(26)27)22-10-28-16-7-12(1-2-14(16)22)18(25)20-13-9-21-5-3-11(13)4-6-21/h1-2,7-8,11,13H,3-6,9-10H2,(H,20,25)(H,23,24)(H,26,27)/b15-8+/t13-/m0/s1. The lowest BCUT2D eigenvalue weighted by atomic mass is 9.84. The number of carbonyl (C=O) groups excluding carboxylic acids is 1. The number of aliphatic carboxylic acids is 2. The van der Waals surface area contributed by atoms with Crippen LogP contribution in [-0.4, -0.2) is 65.4 Å². The van der Waals surface area contributed by atoms with Gasteiger partial charge < -0.3 is 25.2 Å². The van der Waals surface area contributed by atoms with Crippen molar-refractivity contribution in [2.24, 2.45) is 5.92 Å². The summed E-state index contributed by atoms with van der Waals surface area (Å²) in [5.41, 5.74) is 0.432. The number of nitrogens with zero attached hydrogens (tertiary/aromatic N) is 2. The largest absolute Gasteiger partial charge is 0.478 e. The molecule has 0 aromatic heterocycles. The van der Waals surface area contributed by atoms with Crippen LogP contribution in [0.4, 0.5) is 5.69 Å². The highest BCUT2D eigenvalue weighted by Crippen LogP contribution is 2.37. The Morgan fingerprint density at radius 1 is 1.18 bits per heavy atom. The van der Waals surface area contributed by atoms with Crippen molar-refractivity contribution in [1.29, 1.82) is 0 Å². The van der Waals surface area contributed by atoms with E-state index in [0.29, 0.717) is 29.0 Å². The van der Waals surface area contributed by atoms with Crippen LogP contribution in [0.15, 0.2) is 30.0 Å². The molecule has 3 fully saturated rings. The SMILES string of the molecule is O=C(O)/C=C(\C(=O)O)N1COc2cc(C(=O)N[C@H]3CN4CCC3CC4)ccc21. The minimum absolute atomic E-state index is 0.133. The molecule has 0 aliphatic carbocycles. The zero-order valence-electron chi connectivity index (χ0n) is 15.1. The minimum Gasteiger partial charge on any atom is -0.478 e. The number of piperidine rings is 3. The summed E-state index contributed by atoms with van der Waals surface area (Å²) >= 11 is 0. The van der Waals surface area contributed by atoms with E-state index in [4.69, 9.17) is 9.84 Å². The molecular formula is C19H21N3O6. The van der Waals surface area contributed by atoms with Crippen molar-refractivity contribution in [2.75, 3.05) is 31.3 Å². The number of benzene rings is 1. The van der Waals surface area contributed by atoms with Crippen LogP contribution in [0.2, 0.25) is 0 Å². The fraction of sp³-hybridized carbons (Fsp3) is 0.421. The number of nitrogens with one attached hydrogen (secondary N) is 1. The maximum atomic E-state index is 12.7. The van der Waals surface area contributed by atoms with E-state index in [2.05, 4.69) is 10.2 Å². The normalized spacial score (nSPS) is 25.8. The van der Waals surface area contributed by atoms with E-state index < -0.39 is 17.6 Å². The third-order valence-electron chi connectivity index (χ3n) is 5.60. The highest BCUT2D eigenvalue weighted by Gasteiger charge is 2.35. The molecule has 1 aromatic rings. The molecule has 1 aromatic carbocycles. The second-order valence-corrected chi connectivity index (χ2v) is 7.27. The Morgan fingerprint density at radius 2 is 1.93 bits per heavy atom.